The van der Waals surface area contributed by atoms with E-state index in [1.807, 2.05) is 13.1 Å². The first-order chi connectivity index (χ1) is 9.56. The quantitative estimate of drug-likeness (QED) is 0.901. The molecule has 1 fully saturated rings. The third-order valence-corrected chi connectivity index (χ3v) is 4.13. The lowest BCUT2D eigenvalue weighted by Gasteiger charge is -2.42. The third-order valence-electron chi connectivity index (χ3n) is 4.13. The van der Waals surface area contributed by atoms with Gasteiger partial charge in [-0.05, 0) is 38.8 Å². The molecule has 0 spiro atoms. The van der Waals surface area contributed by atoms with Gasteiger partial charge in [-0.15, -0.1) is 0 Å². The van der Waals surface area contributed by atoms with Gasteiger partial charge < -0.3 is 15.0 Å². The normalized spacial score (nSPS) is 22.8. The summed E-state index contributed by atoms with van der Waals surface area (Å²) in [7, 11) is 7.66. The van der Waals surface area contributed by atoms with Gasteiger partial charge in [-0.2, -0.15) is 0 Å². The second kappa shape index (κ2) is 6.52. The minimum absolute atomic E-state index is 0.100. The Bertz CT molecular complexity index is 455. The molecular formula is C15H24FN3O. The van der Waals surface area contributed by atoms with Crippen molar-refractivity contribution in [2.24, 2.45) is 0 Å². The maximum atomic E-state index is 13.9. The number of benzene rings is 1. The molecule has 112 valence electrons. The van der Waals surface area contributed by atoms with Gasteiger partial charge in [0.1, 0.15) is 0 Å². The molecule has 0 saturated carbocycles. The molecule has 1 aliphatic heterocycles. The Morgan fingerprint density at radius 2 is 2.10 bits per heavy atom. The Morgan fingerprint density at radius 3 is 2.70 bits per heavy atom. The van der Waals surface area contributed by atoms with Crippen LogP contribution in [0.5, 0.6) is 5.75 Å². The van der Waals surface area contributed by atoms with E-state index in [2.05, 4.69) is 29.2 Å². The van der Waals surface area contributed by atoms with Crippen LogP contribution in [-0.2, 0) is 0 Å². The molecule has 1 aromatic rings. The van der Waals surface area contributed by atoms with Crippen molar-refractivity contribution in [3.05, 3.63) is 29.6 Å². The van der Waals surface area contributed by atoms with Crippen molar-refractivity contribution in [2.75, 3.05) is 47.9 Å². The highest BCUT2D eigenvalue weighted by molar-refractivity contribution is 5.32. The first-order valence-electron chi connectivity index (χ1n) is 6.96. The lowest BCUT2D eigenvalue weighted by atomic mass is 9.96. The van der Waals surface area contributed by atoms with E-state index < -0.39 is 0 Å². The summed E-state index contributed by atoms with van der Waals surface area (Å²) >= 11 is 0. The lowest BCUT2D eigenvalue weighted by Crippen LogP contribution is -2.54. The molecule has 0 aromatic heterocycles. The molecule has 0 aliphatic carbocycles. The molecule has 0 bridgehead atoms. The summed E-state index contributed by atoms with van der Waals surface area (Å²) in [6.07, 6.45) is 0. The third kappa shape index (κ3) is 3.11. The van der Waals surface area contributed by atoms with Crippen LogP contribution in [0, 0.1) is 5.82 Å². The van der Waals surface area contributed by atoms with E-state index in [0.717, 1.165) is 25.2 Å². The van der Waals surface area contributed by atoms with Crippen LogP contribution in [0.3, 0.4) is 0 Å². The molecule has 1 heterocycles. The molecule has 2 atom stereocenters. The molecule has 1 N–H and O–H groups in total. The highest BCUT2D eigenvalue weighted by Gasteiger charge is 2.30. The number of nitrogens with one attached hydrogen (secondary N) is 1. The fraction of sp³-hybridized carbons (Fsp3) is 0.600. The summed E-state index contributed by atoms with van der Waals surface area (Å²) in [5, 5.41) is 3.33. The van der Waals surface area contributed by atoms with Gasteiger partial charge in [0.25, 0.3) is 0 Å². The minimum atomic E-state index is -0.308. The van der Waals surface area contributed by atoms with Crippen molar-refractivity contribution in [1.82, 2.24) is 15.1 Å². The van der Waals surface area contributed by atoms with Crippen LogP contribution in [-0.4, -0.2) is 63.7 Å². The number of methoxy groups -OCH3 is 1. The van der Waals surface area contributed by atoms with Gasteiger partial charge >= 0.3 is 0 Å². The maximum Gasteiger partial charge on any atom is 0.165 e. The van der Waals surface area contributed by atoms with E-state index in [4.69, 9.17) is 4.74 Å². The number of rotatable bonds is 4. The topological polar surface area (TPSA) is 27.7 Å². The number of hydrogen-bond donors (Lipinski definition) is 1. The Balaban J connectivity index is 2.24. The molecule has 1 saturated heterocycles. The molecule has 4 nitrogen and oxygen atoms in total. The largest absolute Gasteiger partial charge is 0.494 e. The molecule has 0 radical (unpaired) electrons. The molecule has 1 aromatic carbocycles. The first-order valence-corrected chi connectivity index (χ1v) is 6.96. The van der Waals surface area contributed by atoms with Crippen molar-refractivity contribution < 1.29 is 9.13 Å². The van der Waals surface area contributed by atoms with E-state index in [9.17, 15) is 4.39 Å². The summed E-state index contributed by atoms with van der Waals surface area (Å²) in [6.45, 7) is 3.06. The number of piperazine rings is 1. The molecule has 0 amide bonds. The smallest absolute Gasteiger partial charge is 0.165 e. The molecule has 2 rings (SSSR count). The number of halogens is 1. The van der Waals surface area contributed by atoms with Crippen LogP contribution in [0.4, 0.5) is 4.39 Å². The van der Waals surface area contributed by atoms with E-state index in [1.165, 1.54) is 7.11 Å². The second-order valence-corrected chi connectivity index (χ2v) is 5.47. The standard InChI is InChI=1S/C15H24FN3O/c1-17-15(13-10-18(2)7-8-19(13)3)11-5-6-14(20-4)12(16)9-11/h5-6,9,13,15,17H,7-8,10H2,1-4H3. The zero-order valence-electron chi connectivity index (χ0n) is 12.7. The van der Waals surface area contributed by atoms with Crippen LogP contribution >= 0.6 is 0 Å². The van der Waals surface area contributed by atoms with Gasteiger partial charge in [0.2, 0.25) is 0 Å². The molecule has 20 heavy (non-hydrogen) atoms. The fourth-order valence-electron chi connectivity index (χ4n) is 2.86. The summed E-state index contributed by atoms with van der Waals surface area (Å²) < 4.78 is 18.9. The van der Waals surface area contributed by atoms with E-state index in [0.29, 0.717) is 6.04 Å². The van der Waals surface area contributed by atoms with Crippen LogP contribution in [0.25, 0.3) is 0 Å². The lowest BCUT2D eigenvalue weighted by molar-refractivity contribution is 0.0896. The average molecular weight is 281 g/mol. The number of ether oxygens (including phenoxy) is 1. The molecule has 5 heteroatoms. The van der Waals surface area contributed by atoms with Gasteiger partial charge in [-0.1, -0.05) is 6.07 Å². The Morgan fingerprint density at radius 1 is 1.35 bits per heavy atom. The highest BCUT2D eigenvalue weighted by atomic mass is 19.1. The predicted octanol–water partition coefficient (Wildman–Crippen LogP) is 1.34. The van der Waals surface area contributed by atoms with Gasteiger partial charge in [-0.3, -0.25) is 4.90 Å². The van der Waals surface area contributed by atoms with E-state index >= 15 is 0 Å². The number of hydrogen-bond acceptors (Lipinski definition) is 4. The zero-order chi connectivity index (χ0) is 14.7. The van der Waals surface area contributed by atoms with Crippen molar-refractivity contribution in [3.63, 3.8) is 0 Å². The fourth-order valence-corrected chi connectivity index (χ4v) is 2.86. The van der Waals surface area contributed by atoms with Gasteiger partial charge in [-0.25, -0.2) is 4.39 Å². The summed E-state index contributed by atoms with van der Waals surface area (Å²) in [6, 6.07) is 5.63. The van der Waals surface area contributed by atoms with Crippen molar-refractivity contribution >= 4 is 0 Å². The van der Waals surface area contributed by atoms with Crippen molar-refractivity contribution in [3.8, 4) is 5.75 Å². The van der Waals surface area contributed by atoms with Crippen LogP contribution in [0.1, 0.15) is 11.6 Å². The molecular weight excluding hydrogens is 257 g/mol. The average Bonchev–Trinajstić information content (AvgIpc) is 2.44. The molecule has 2 unspecified atom stereocenters. The number of likely N-dealkylation sites (N-methyl/N-ethyl adjacent to an activating group) is 3. The Hall–Kier alpha value is -1.17. The Labute approximate surface area is 120 Å². The first kappa shape index (κ1) is 15.2. The maximum absolute atomic E-state index is 13.9. The van der Waals surface area contributed by atoms with Gasteiger partial charge in [0, 0.05) is 31.7 Å². The molecule has 1 aliphatic rings. The second-order valence-electron chi connectivity index (χ2n) is 5.47. The van der Waals surface area contributed by atoms with Crippen LogP contribution in [0.15, 0.2) is 18.2 Å². The van der Waals surface area contributed by atoms with Crippen LogP contribution in [0.2, 0.25) is 0 Å². The minimum Gasteiger partial charge on any atom is -0.494 e. The predicted molar refractivity (Wildman–Crippen MR) is 78.7 cm³/mol. The van der Waals surface area contributed by atoms with Crippen molar-refractivity contribution in [2.45, 2.75) is 12.1 Å². The Kier molecular flexibility index (Phi) is 4.96. The van der Waals surface area contributed by atoms with Crippen molar-refractivity contribution in [1.29, 1.82) is 0 Å². The van der Waals surface area contributed by atoms with Gasteiger partial charge in [0.05, 0.1) is 7.11 Å². The monoisotopic (exact) mass is 281 g/mol. The van der Waals surface area contributed by atoms with E-state index in [1.54, 1.807) is 12.1 Å². The summed E-state index contributed by atoms with van der Waals surface area (Å²) in [4.78, 5) is 4.65. The zero-order valence-corrected chi connectivity index (χ0v) is 12.7. The van der Waals surface area contributed by atoms with Crippen LogP contribution < -0.4 is 10.1 Å². The van der Waals surface area contributed by atoms with Gasteiger partial charge in [0.15, 0.2) is 11.6 Å². The number of nitrogens with zero attached hydrogens (tertiary/aromatic N) is 2. The SMILES string of the molecule is CNC(c1ccc(OC)c(F)c1)C1CN(C)CCN1C. The van der Waals surface area contributed by atoms with E-state index in [-0.39, 0.29) is 17.6 Å². The summed E-state index contributed by atoms with van der Waals surface area (Å²) in [5.74, 6) is -0.0187. The highest BCUT2D eigenvalue weighted by Crippen LogP contribution is 2.26. The summed E-state index contributed by atoms with van der Waals surface area (Å²) in [5.41, 5.74) is 0.956.